The SMILES string of the molecule is CO[C@H]1C(=O)N2C(C(=O)N(C)Cc3ccccc3)=C(COC(=O)c3ccc(C=O)cc3)CS(=O)(=O)[C@H]12. The van der Waals surface area contributed by atoms with Gasteiger partial charge < -0.3 is 14.4 Å². The van der Waals surface area contributed by atoms with E-state index < -0.39 is 51.5 Å². The number of methoxy groups -OCH3 is 1. The summed E-state index contributed by atoms with van der Waals surface area (Å²) in [5, 5.41) is -1.32. The van der Waals surface area contributed by atoms with Crippen LogP contribution in [0.15, 0.2) is 65.9 Å². The molecule has 0 saturated carbocycles. The third-order valence-electron chi connectivity index (χ3n) is 6.04. The van der Waals surface area contributed by atoms with Crippen molar-refractivity contribution in [2.75, 3.05) is 26.5 Å². The third kappa shape index (κ3) is 4.67. The molecule has 2 amide bonds. The van der Waals surface area contributed by atoms with Gasteiger partial charge in [-0.1, -0.05) is 42.5 Å². The van der Waals surface area contributed by atoms with E-state index in [1.54, 1.807) is 0 Å². The fourth-order valence-electron chi connectivity index (χ4n) is 4.22. The highest BCUT2D eigenvalue weighted by Gasteiger charge is 2.60. The molecule has 2 heterocycles. The standard InChI is InChI=1S/C25H24N2O8S/c1-26(12-16-6-4-3-5-7-16)22(29)20-19(14-35-25(31)18-10-8-17(13-28)9-11-18)15-36(32,33)24-21(34-2)23(30)27(20)24/h3-11,13,21,24H,12,14-15H2,1-2H3/t21-,24+/m0/s1. The largest absolute Gasteiger partial charge is 0.457 e. The second-order valence-corrected chi connectivity index (χ2v) is 10.6. The molecular weight excluding hydrogens is 488 g/mol. The number of likely N-dealkylation sites (N-methyl/N-ethyl adjacent to an activating group) is 1. The molecule has 1 saturated heterocycles. The molecule has 2 atom stereocenters. The molecule has 4 rings (SSSR count). The van der Waals surface area contributed by atoms with Crippen LogP contribution in [0.4, 0.5) is 0 Å². The molecule has 0 aromatic heterocycles. The van der Waals surface area contributed by atoms with Gasteiger partial charge in [0.15, 0.2) is 21.3 Å². The zero-order valence-electron chi connectivity index (χ0n) is 19.6. The molecule has 0 unspecified atom stereocenters. The summed E-state index contributed by atoms with van der Waals surface area (Å²) in [7, 11) is -1.15. The monoisotopic (exact) mass is 512 g/mol. The summed E-state index contributed by atoms with van der Waals surface area (Å²) in [6.07, 6.45) is -0.581. The number of hydrogen-bond donors (Lipinski definition) is 0. The Bertz CT molecular complexity index is 1340. The molecule has 2 aromatic rings. The Morgan fingerprint density at radius 3 is 2.39 bits per heavy atom. The fourth-order valence-corrected chi connectivity index (χ4v) is 6.23. The smallest absolute Gasteiger partial charge is 0.338 e. The Morgan fingerprint density at radius 2 is 1.78 bits per heavy atom. The van der Waals surface area contributed by atoms with E-state index >= 15 is 0 Å². The van der Waals surface area contributed by atoms with Gasteiger partial charge in [0.1, 0.15) is 18.6 Å². The number of ether oxygens (including phenoxy) is 2. The maximum atomic E-state index is 13.5. The zero-order valence-corrected chi connectivity index (χ0v) is 20.4. The van der Waals surface area contributed by atoms with Crippen molar-refractivity contribution in [2.45, 2.75) is 18.0 Å². The van der Waals surface area contributed by atoms with Crippen molar-refractivity contribution < 1.29 is 37.1 Å². The molecular formula is C25H24N2O8S. The molecule has 11 heteroatoms. The number of rotatable bonds is 8. The van der Waals surface area contributed by atoms with E-state index in [2.05, 4.69) is 0 Å². The van der Waals surface area contributed by atoms with Crippen LogP contribution in [0.1, 0.15) is 26.3 Å². The summed E-state index contributed by atoms with van der Waals surface area (Å²) >= 11 is 0. The minimum atomic E-state index is -3.92. The maximum absolute atomic E-state index is 13.5. The van der Waals surface area contributed by atoms with E-state index in [4.69, 9.17) is 9.47 Å². The minimum Gasteiger partial charge on any atom is -0.457 e. The van der Waals surface area contributed by atoms with Crippen molar-refractivity contribution in [3.63, 3.8) is 0 Å². The van der Waals surface area contributed by atoms with Crippen molar-refractivity contribution in [3.8, 4) is 0 Å². The van der Waals surface area contributed by atoms with Crippen molar-refractivity contribution >= 4 is 33.9 Å². The number of fused-ring (bicyclic) bond motifs is 1. The van der Waals surface area contributed by atoms with Crippen molar-refractivity contribution in [1.29, 1.82) is 0 Å². The fraction of sp³-hybridized carbons (Fsp3) is 0.280. The molecule has 2 aliphatic heterocycles. The lowest BCUT2D eigenvalue weighted by molar-refractivity contribution is -0.161. The van der Waals surface area contributed by atoms with Crippen LogP contribution in [0, 0.1) is 0 Å². The Balaban J connectivity index is 1.64. The number of amides is 2. The third-order valence-corrected chi connectivity index (χ3v) is 7.98. The number of benzene rings is 2. The maximum Gasteiger partial charge on any atom is 0.338 e. The van der Waals surface area contributed by atoms with Gasteiger partial charge in [0.05, 0.1) is 11.3 Å². The molecule has 10 nitrogen and oxygen atoms in total. The minimum absolute atomic E-state index is 0.00285. The molecule has 0 radical (unpaired) electrons. The van der Waals surface area contributed by atoms with Gasteiger partial charge >= 0.3 is 5.97 Å². The number of hydrogen-bond acceptors (Lipinski definition) is 8. The highest BCUT2D eigenvalue weighted by atomic mass is 32.2. The summed E-state index contributed by atoms with van der Waals surface area (Å²) in [5.41, 5.74) is 1.22. The number of carbonyl (C=O) groups is 4. The first kappa shape index (κ1) is 25.3. The topological polar surface area (TPSA) is 127 Å². The normalized spacial score (nSPS) is 20.3. The lowest BCUT2D eigenvalue weighted by Gasteiger charge is -2.49. The van der Waals surface area contributed by atoms with Crippen LogP contribution in [0.3, 0.4) is 0 Å². The molecule has 2 aromatic carbocycles. The van der Waals surface area contributed by atoms with E-state index in [9.17, 15) is 27.6 Å². The lowest BCUT2D eigenvalue weighted by Crippen LogP contribution is -2.71. The second kappa shape index (κ2) is 10.0. The average molecular weight is 513 g/mol. The number of aldehydes is 1. The molecule has 1 fully saturated rings. The highest BCUT2D eigenvalue weighted by molar-refractivity contribution is 7.92. The summed E-state index contributed by atoms with van der Waals surface area (Å²) in [5.74, 6) is -2.58. The molecule has 0 spiro atoms. The van der Waals surface area contributed by atoms with Gasteiger partial charge in [-0.2, -0.15) is 0 Å². The molecule has 36 heavy (non-hydrogen) atoms. The van der Waals surface area contributed by atoms with Gasteiger partial charge in [-0.3, -0.25) is 19.3 Å². The molecule has 0 aliphatic carbocycles. The van der Waals surface area contributed by atoms with E-state index in [0.29, 0.717) is 11.8 Å². The van der Waals surface area contributed by atoms with Crippen molar-refractivity contribution in [2.24, 2.45) is 0 Å². The van der Waals surface area contributed by atoms with Crippen LogP contribution in [-0.2, 0) is 35.4 Å². The number of sulfone groups is 1. The van der Waals surface area contributed by atoms with Crippen LogP contribution >= 0.6 is 0 Å². The Kier molecular flexibility index (Phi) is 7.04. The van der Waals surface area contributed by atoms with Crippen LogP contribution < -0.4 is 0 Å². The molecule has 188 valence electrons. The Hall–Kier alpha value is -3.83. The summed E-state index contributed by atoms with van der Waals surface area (Å²) in [6, 6.07) is 14.8. The Labute approximate surface area is 208 Å². The highest BCUT2D eigenvalue weighted by Crippen LogP contribution is 2.38. The summed E-state index contributed by atoms with van der Waals surface area (Å²) in [4.78, 5) is 51.9. The first-order valence-corrected chi connectivity index (χ1v) is 12.7. The number of carbonyl (C=O) groups excluding carboxylic acids is 4. The first-order chi connectivity index (χ1) is 17.2. The molecule has 0 N–H and O–H groups in total. The van der Waals surface area contributed by atoms with Crippen LogP contribution in [0.5, 0.6) is 0 Å². The zero-order chi connectivity index (χ0) is 26.0. The lowest BCUT2D eigenvalue weighted by atomic mass is 10.0. The van der Waals surface area contributed by atoms with Crippen molar-refractivity contribution in [1.82, 2.24) is 9.80 Å². The van der Waals surface area contributed by atoms with Crippen molar-refractivity contribution in [3.05, 3.63) is 82.6 Å². The Morgan fingerprint density at radius 1 is 1.11 bits per heavy atom. The van der Waals surface area contributed by atoms with E-state index in [0.717, 1.165) is 10.5 Å². The molecule has 2 aliphatic rings. The average Bonchev–Trinajstić information content (AvgIpc) is 2.87. The van der Waals surface area contributed by atoms with Gasteiger partial charge in [0.2, 0.25) is 0 Å². The number of β-lactam (4-membered cyclic amide) rings is 1. The summed E-state index contributed by atoms with van der Waals surface area (Å²) in [6.45, 7) is -0.297. The predicted molar refractivity (Wildman–Crippen MR) is 127 cm³/mol. The number of nitrogens with zero attached hydrogens (tertiary/aromatic N) is 2. The van der Waals surface area contributed by atoms with E-state index in [-0.39, 0.29) is 23.4 Å². The van der Waals surface area contributed by atoms with Gasteiger partial charge in [-0.05, 0) is 17.7 Å². The van der Waals surface area contributed by atoms with E-state index in [1.807, 2.05) is 30.3 Å². The van der Waals surface area contributed by atoms with Crippen LogP contribution in [0.25, 0.3) is 0 Å². The predicted octanol–water partition coefficient (Wildman–Crippen LogP) is 1.18. The van der Waals surface area contributed by atoms with E-state index in [1.165, 1.54) is 43.3 Å². The molecule has 0 bridgehead atoms. The second-order valence-electron chi connectivity index (χ2n) is 8.48. The quantitative estimate of drug-likeness (QED) is 0.293. The van der Waals surface area contributed by atoms with Gasteiger partial charge in [-0.25, -0.2) is 13.2 Å². The first-order valence-electron chi connectivity index (χ1n) is 11.0. The van der Waals surface area contributed by atoms with Gasteiger partial charge in [0.25, 0.3) is 11.8 Å². The number of esters is 1. The summed E-state index contributed by atoms with van der Waals surface area (Å²) < 4.78 is 36.3. The van der Waals surface area contributed by atoms with Crippen LogP contribution in [-0.4, -0.2) is 80.3 Å². The van der Waals surface area contributed by atoms with Crippen LogP contribution in [0.2, 0.25) is 0 Å². The van der Waals surface area contributed by atoms with Gasteiger partial charge in [-0.15, -0.1) is 0 Å². The van der Waals surface area contributed by atoms with Gasteiger partial charge in [0, 0.05) is 31.8 Å².